The highest BCUT2D eigenvalue weighted by Crippen LogP contribution is 2.31. The van der Waals surface area contributed by atoms with E-state index in [1.54, 1.807) is 19.2 Å². The number of carbonyl (C=O) groups excluding carboxylic acids is 1. The highest BCUT2D eigenvalue weighted by molar-refractivity contribution is 8.00. The van der Waals surface area contributed by atoms with Gasteiger partial charge in [0.15, 0.2) is 0 Å². The van der Waals surface area contributed by atoms with Crippen LogP contribution in [0.1, 0.15) is 17.7 Å². The minimum absolute atomic E-state index is 0.0160. The quantitative estimate of drug-likeness (QED) is 0.496. The zero-order valence-electron chi connectivity index (χ0n) is 19.9. The number of aromatic nitrogens is 3. The van der Waals surface area contributed by atoms with Crippen LogP contribution < -0.4 is 15.4 Å². The Balaban J connectivity index is 1.08. The van der Waals surface area contributed by atoms with Gasteiger partial charge in [-0.25, -0.2) is 14.4 Å². The summed E-state index contributed by atoms with van der Waals surface area (Å²) in [6.45, 7) is 2.91. The Bertz CT molecular complexity index is 1310. The molecule has 6 heterocycles. The summed E-state index contributed by atoms with van der Waals surface area (Å²) in [7, 11) is 1.55. The van der Waals surface area contributed by atoms with E-state index in [-0.39, 0.29) is 30.0 Å². The van der Waals surface area contributed by atoms with Crippen LogP contribution in [0.4, 0.5) is 10.2 Å². The van der Waals surface area contributed by atoms with Gasteiger partial charge in [-0.05, 0) is 31.0 Å². The second-order valence-electron chi connectivity index (χ2n) is 9.32. The van der Waals surface area contributed by atoms with Crippen molar-refractivity contribution in [1.82, 2.24) is 25.2 Å². The van der Waals surface area contributed by atoms with E-state index in [0.29, 0.717) is 53.6 Å². The highest BCUT2D eigenvalue weighted by atomic mass is 32.2. The summed E-state index contributed by atoms with van der Waals surface area (Å²) in [5, 5.41) is 6.45. The maximum absolute atomic E-state index is 14.7. The molecule has 0 aliphatic carbocycles. The Hall–Kier alpha value is -2.86. The van der Waals surface area contributed by atoms with Gasteiger partial charge in [0.25, 0.3) is 0 Å². The Morgan fingerprint density at radius 3 is 3.08 bits per heavy atom. The number of hydrogen-bond donors (Lipinski definition) is 2. The number of amides is 1. The van der Waals surface area contributed by atoms with E-state index in [4.69, 9.17) is 9.47 Å². The predicted molar refractivity (Wildman–Crippen MR) is 134 cm³/mol. The molecule has 3 aromatic heterocycles. The van der Waals surface area contributed by atoms with Crippen LogP contribution in [0.25, 0.3) is 11.0 Å². The standard InChI is InChI=1S/C25H27FN6O3S/c1-34-23-5-3-18-24(31-23)16(17(26)10-28-18)6-7-32-11-15-8-19(20(12-32)35-15)27-9-14-2-4-21-25(29-14)30-22(33)13-36-21/h2-5,10,15,19-20,27H,6-9,11-13H2,1H3,(H,29,30,33)/t15-,19-,20-/m1/s1. The number of carbonyl (C=O) groups is 1. The largest absolute Gasteiger partial charge is 0.481 e. The molecule has 3 aliphatic heterocycles. The third kappa shape index (κ3) is 4.75. The number of fused-ring (bicyclic) bond motifs is 4. The maximum Gasteiger partial charge on any atom is 0.235 e. The normalized spacial score (nSPS) is 23.5. The molecule has 11 heteroatoms. The fourth-order valence-electron chi connectivity index (χ4n) is 5.17. The minimum atomic E-state index is -0.342. The molecule has 2 N–H and O–H groups in total. The van der Waals surface area contributed by atoms with Crippen LogP contribution in [-0.2, 0) is 22.5 Å². The van der Waals surface area contributed by atoms with Gasteiger partial charge in [-0.3, -0.25) is 14.7 Å². The summed E-state index contributed by atoms with van der Waals surface area (Å²) in [5.41, 5.74) is 2.67. The van der Waals surface area contributed by atoms with E-state index in [2.05, 4.69) is 30.5 Å². The number of likely N-dealkylation sites (tertiary alicyclic amines) is 1. The zero-order chi connectivity index (χ0) is 24.6. The molecule has 6 rings (SSSR count). The van der Waals surface area contributed by atoms with Gasteiger partial charge in [-0.1, -0.05) is 0 Å². The number of hydrogen-bond acceptors (Lipinski definition) is 9. The molecule has 3 atom stereocenters. The summed E-state index contributed by atoms with van der Waals surface area (Å²) in [6.07, 6.45) is 2.93. The monoisotopic (exact) mass is 510 g/mol. The molecule has 2 bridgehead atoms. The Morgan fingerprint density at radius 1 is 1.28 bits per heavy atom. The first-order valence-corrected chi connectivity index (χ1v) is 13.1. The van der Waals surface area contributed by atoms with Crippen molar-refractivity contribution in [2.45, 2.75) is 42.5 Å². The number of nitrogens with one attached hydrogen (secondary N) is 2. The Labute approximate surface area is 212 Å². The Morgan fingerprint density at radius 2 is 2.19 bits per heavy atom. The molecule has 188 valence electrons. The van der Waals surface area contributed by atoms with Gasteiger partial charge in [-0.15, -0.1) is 11.8 Å². The lowest BCUT2D eigenvalue weighted by molar-refractivity contribution is -0.113. The van der Waals surface area contributed by atoms with Crippen molar-refractivity contribution in [3.63, 3.8) is 0 Å². The number of anilines is 1. The second kappa shape index (κ2) is 9.89. The lowest BCUT2D eigenvalue weighted by Crippen LogP contribution is -2.47. The average Bonchev–Trinajstić information content (AvgIpc) is 3.18. The van der Waals surface area contributed by atoms with E-state index >= 15 is 0 Å². The zero-order valence-corrected chi connectivity index (χ0v) is 20.7. The van der Waals surface area contributed by atoms with Crippen molar-refractivity contribution in [1.29, 1.82) is 0 Å². The number of morpholine rings is 1. The molecular formula is C25H27FN6O3S. The SMILES string of the molecule is COc1ccc2ncc(F)c(CCN3C[C@H]4C[C@@H](NCc5ccc6c(n5)NC(=O)CS6)[C@@H](C3)O4)c2n1. The molecule has 0 radical (unpaired) electrons. The summed E-state index contributed by atoms with van der Waals surface area (Å²) >= 11 is 1.51. The fraction of sp³-hybridized carbons (Fsp3) is 0.440. The predicted octanol–water partition coefficient (Wildman–Crippen LogP) is 2.39. The highest BCUT2D eigenvalue weighted by Gasteiger charge is 2.40. The first-order valence-electron chi connectivity index (χ1n) is 12.1. The van der Waals surface area contributed by atoms with Crippen LogP contribution in [0.3, 0.4) is 0 Å². The molecule has 0 unspecified atom stereocenters. The van der Waals surface area contributed by atoms with E-state index < -0.39 is 0 Å². The van der Waals surface area contributed by atoms with E-state index in [1.165, 1.54) is 18.0 Å². The summed E-state index contributed by atoms with van der Waals surface area (Å²) < 4.78 is 26.1. The van der Waals surface area contributed by atoms with E-state index in [9.17, 15) is 9.18 Å². The van der Waals surface area contributed by atoms with Crippen molar-refractivity contribution in [2.75, 3.05) is 37.8 Å². The lowest BCUT2D eigenvalue weighted by Gasteiger charge is -2.33. The summed E-state index contributed by atoms with van der Waals surface area (Å²) in [6, 6.07) is 7.77. The number of thioether (sulfide) groups is 1. The minimum Gasteiger partial charge on any atom is -0.481 e. The number of ether oxygens (including phenoxy) is 2. The number of rotatable bonds is 7. The van der Waals surface area contributed by atoms with Gasteiger partial charge in [-0.2, -0.15) is 0 Å². The van der Waals surface area contributed by atoms with Crippen molar-refractivity contribution >= 4 is 34.5 Å². The molecule has 2 saturated heterocycles. The van der Waals surface area contributed by atoms with Crippen molar-refractivity contribution in [2.24, 2.45) is 0 Å². The number of methoxy groups -OCH3 is 1. The van der Waals surface area contributed by atoms with Crippen LogP contribution >= 0.6 is 11.8 Å². The van der Waals surface area contributed by atoms with Crippen LogP contribution in [-0.4, -0.2) is 76.5 Å². The van der Waals surface area contributed by atoms with Gasteiger partial charge >= 0.3 is 0 Å². The molecule has 0 saturated carbocycles. The smallest absolute Gasteiger partial charge is 0.235 e. The number of nitrogens with zero attached hydrogens (tertiary/aromatic N) is 4. The first-order chi connectivity index (χ1) is 17.6. The van der Waals surface area contributed by atoms with E-state index in [1.807, 2.05) is 12.1 Å². The lowest BCUT2D eigenvalue weighted by atomic mass is 10.1. The van der Waals surface area contributed by atoms with Crippen molar-refractivity contribution in [3.05, 3.63) is 47.5 Å². The third-order valence-corrected chi connectivity index (χ3v) is 7.98. The average molecular weight is 511 g/mol. The number of pyridine rings is 3. The third-order valence-electron chi connectivity index (χ3n) is 6.94. The number of halogens is 1. The molecule has 9 nitrogen and oxygen atoms in total. The molecular weight excluding hydrogens is 483 g/mol. The molecule has 36 heavy (non-hydrogen) atoms. The van der Waals surface area contributed by atoms with Crippen LogP contribution in [0, 0.1) is 5.82 Å². The molecule has 2 fully saturated rings. The van der Waals surface area contributed by atoms with Gasteiger partial charge in [0.1, 0.15) is 11.6 Å². The van der Waals surface area contributed by atoms with Crippen LogP contribution in [0.2, 0.25) is 0 Å². The fourth-order valence-corrected chi connectivity index (χ4v) is 5.93. The summed E-state index contributed by atoms with van der Waals surface area (Å²) in [5.74, 6) is 1.17. The topological polar surface area (TPSA) is 102 Å². The van der Waals surface area contributed by atoms with Gasteiger partial charge in [0, 0.05) is 43.9 Å². The molecule has 3 aromatic rings. The van der Waals surface area contributed by atoms with Crippen LogP contribution in [0.15, 0.2) is 35.4 Å². The molecule has 3 aliphatic rings. The summed E-state index contributed by atoms with van der Waals surface area (Å²) in [4.78, 5) is 28.2. The van der Waals surface area contributed by atoms with Crippen molar-refractivity contribution < 1.29 is 18.7 Å². The van der Waals surface area contributed by atoms with Crippen molar-refractivity contribution in [3.8, 4) is 5.88 Å². The molecule has 0 aromatic carbocycles. The maximum atomic E-state index is 14.7. The van der Waals surface area contributed by atoms with Gasteiger partial charge in [0.2, 0.25) is 11.8 Å². The van der Waals surface area contributed by atoms with Crippen LogP contribution in [0.5, 0.6) is 5.88 Å². The van der Waals surface area contributed by atoms with Gasteiger partial charge < -0.3 is 20.1 Å². The Kier molecular flexibility index (Phi) is 6.46. The first kappa shape index (κ1) is 23.5. The second-order valence-corrected chi connectivity index (χ2v) is 10.3. The van der Waals surface area contributed by atoms with Gasteiger partial charge in [0.05, 0.1) is 52.9 Å². The molecule has 1 amide bonds. The van der Waals surface area contributed by atoms with E-state index in [0.717, 1.165) is 30.1 Å². The molecule has 0 spiro atoms.